The van der Waals surface area contributed by atoms with Crippen molar-refractivity contribution in [2.24, 2.45) is 0 Å². The molecule has 1 N–H and O–H groups in total. The molecule has 1 amide bonds. The van der Waals surface area contributed by atoms with Gasteiger partial charge in [0.2, 0.25) is 5.91 Å². The van der Waals surface area contributed by atoms with E-state index in [2.05, 4.69) is 0 Å². The minimum Gasteiger partial charge on any atom is -0.481 e. The summed E-state index contributed by atoms with van der Waals surface area (Å²) in [5.41, 5.74) is 1.95. The van der Waals surface area contributed by atoms with E-state index in [0.717, 1.165) is 11.3 Å². The molecule has 4 nitrogen and oxygen atoms in total. The van der Waals surface area contributed by atoms with Crippen LogP contribution in [0.5, 0.6) is 0 Å². The molecule has 0 heterocycles. The fraction of sp³-hybridized carbons (Fsp3) is 0.429. The second kappa shape index (κ2) is 6.79. The van der Waals surface area contributed by atoms with Gasteiger partial charge in [0.15, 0.2) is 0 Å². The molecule has 0 saturated carbocycles. The van der Waals surface area contributed by atoms with Gasteiger partial charge in [-0.2, -0.15) is 0 Å². The number of para-hydroxylation sites is 1. The van der Waals surface area contributed by atoms with Crippen molar-refractivity contribution in [1.29, 1.82) is 0 Å². The van der Waals surface area contributed by atoms with Crippen LogP contribution in [-0.4, -0.2) is 23.5 Å². The first-order valence-electron chi connectivity index (χ1n) is 6.14. The summed E-state index contributed by atoms with van der Waals surface area (Å²) < 4.78 is 0. The lowest BCUT2D eigenvalue weighted by Crippen LogP contribution is -2.31. The van der Waals surface area contributed by atoms with E-state index >= 15 is 0 Å². The average molecular weight is 249 g/mol. The highest BCUT2D eigenvalue weighted by molar-refractivity contribution is 5.94. The number of benzene rings is 1. The van der Waals surface area contributed by atoms with Crippen LogP contribution in [0.3, 0.4) is 0 Å². The predicted molar refractivity (Wildman–Crippen MR) is 70.7 cm³/mol. The summed E-state index contributed by atoms with van der Waals surface area (Å²) in [7, 11) is 0. The second-order valence-corrected chi connectivity index (χ2v) is 4.17. The van der Waals surface area contributed by atoms with Crippen LogP contribution >= 0.6 is 0 Å². The molecule has 0 unspecified atom stereocenters. The molecule has 18 heavy (non-hydrogen) atoms. The number of aryl methyl sites for hydroxylation is 1. The van der Waals surface area contributed by atoms with Gasteiger partial charge in [0.25, 0.3) is 0 Å². The molecule has 1 rings (SSSR count). The summed E-state index contributed by atoms with van der Waals surface area (Å²) in [6.07, 6.45) is 0.697. The molecule has 1 aromatic carbocycles. The number of hydrogen-bond acceptors (Lipinski definition) is 2. The monoisotopic (exact) mass is 249 g/mol. The Hall–Kier alpha value is -1.84. The molecular weight excluding hydrogens is 230 g/mol. The third-order valence-corrected chi connectivity index (χ3v) is 2.80. The normalized spacial score (nSPS) is 10.1. The summed E-state index contributed by atoms with van der Waals surface area (Å²) in [4.78, 5) is 24.2. The lowest BCUT2D eigenvalue weighted by molar-refractivity contribution is -0.137. The Balaban J connectivity index is 2.69. The first-order valence-corrected chi connectivity index (χ1v) is 6.14. The van der Waals surface area contributed by atoms with Gasteiger partial charge < -0.3 is 10.0 Å². The number of nitrogens with zero attached hydrogens (tertiary/aromatic N) is 1. The lowest BCUT2D eigenvalue weighted by atomic mass is 10.1. The Bertz CT molecular complexity index is 429. The molecule has 0 saturated heterocycles. The highest BCUT2D eigenvalue weighted by atomic mass is 16.4. The van der Waals surface area contributed by atoms with E-state index in [1.165, 1.54) is 0 Å². The Labute approximate surface area is 107 Å². The molecular formula is C14H19NO3. The average Bonchev–Trinajstić information content (AvgIpc) is 2.32. The molecule has 0 aliphatic rings. The fourth-order valence-electron chi connectivity index (χ4n) is 1.87. The molecule has 0 aromatic heterocycles. The van der Waals surface area contributed by atoms with Crippen LogP contribution in [0.25, 0.3) is 0 Å². The van der Waals surface area contributed by atoms with E-state index in [0.29, 0.717) is 13.0 Å². The maximum Gasteiger partial charge on any atom is 0.303 e. The SMILES string of the molecule is CCN(C(=O)CCCC(=O)O)c1ccccc1C. The van der Waals surface area contributed by atoms with Gasteiger partial charge in [-0.3, -0.25) is 9.59 Å². The van der Waals surface area contributed by atoms with Gasteiger partial charge >= 0.3 is 5.97 Å². The zero-order chi connectivity index (χ0) is 13.5. The van der Waals surface area contributed by atoms with Crippen LogP contribution < -0.4 is 4.90 Å². The number of carbonyl (C=O) groups is 2. The van der Waals surface area contributed by atoms with Gasteiger partial charge in [-0.1, -0.05) is 18.2 Å². The largest absolute Gasteiger partial charge is 0.481 e. The number of rotatable bonds is 6. The van der Waals surface area contributed by atoms with Crippen molar-refractivity contribution < 1.29 is 14.7 Å². The maximum atomic E-state index is 12.0. The van der Waals surface area contributed by atoms with Crippen molar-refractivity contribution in [2.75, 3.05) is 11.4 Å². The third kappa shape index (κ3) is 3.87. The molecule has 0 atom stereocenters. The molecule has 0 fully saturated rings. The van der Waals surface area contributed by atoms with Gasteiger partial charge in [-0.15, -0.1) is 0 Å². The van der Waals surface area contributed by atoms with E-state index in [1.807, 2.05) is 38.1 Å². The molecule has 0 aliphatic heterocycles. The van der Waals surface area contributed by atoms with Crippen LogP contribution in [0.15, 0.2) is 24.3 Å². The van der Waals surface area contributed by atoms with Crippen molar-refractivity contribution in [1.82, 2.24) is 0 Å². The first kappa shape index (κ1) is 14.2. The minimum absolute atomic E-state index is 0.0203. The van der Waals surface area contributed by atoms with Crippen molar-refractivity contribution in [3.63, 3.8) is 0 Å². The van der Waals surface area contributed by atoms with Crippen LogP contribution in [-0.2, 0) is 9.59 Å². The van der Waals surface area contributed by atoms with Crippen LogP contribution in [0.4, 0.5) is 5.69 Å². The van der Waals surface area contributed by atoms with E-state index in [9.17, 15) is 9.59 Å². The van der Waals surface area contributed by atoms with Crippen LogP contribution in [0.1, 0.15) is 31.7 Å². The number of carbonyl (C=O) groups excluding carboxylic acids is 1. The Kier molecular flexibility index (Phi) is 5.36. The number of aliphatic carboxylic acids is 1. The second-order valence-electron chi connectivity index (χ2n) is 4.17. The molecule has 0 radical (unpaired) electrons. The molecule has 1 aromatic rings. The lowest BCUT2D eigenvalue weighted by Gasteiger charge is -2.22. The standard InChI is InChI=1S/C14H19NO3/c1-3-15(12-8-5-4-7-11(12)2)13(16)9-6-10-14(17)18/h4-5,7-8H,3,6,9-10H2,1-2H3,(H,17,18). The van der Waals surface area contributed by atoms with Crippen LogP contribution in [0.2, 0.25) is 0 Å². The van der Waals surface area contributed by atoms with Crippen molar-refractivity contribution in [3.05, 3.63) is 29.8 Å². The van der Waals surface area contributed by atoms with Crippen molar-refractivity contribution >= 4 is 17.6 Å². The summed E-state index contributed by atoms with van der Waals surface area (Å²) in [5.74, 6) is -0.880. The van der Waals surface area contributed by atoms with E-state index in [1.54, 1.807) is 4.90 Å². The number of carboxylic acids is 1. The van der Waals surface area contributed by atoms with E-state index in [4.69, 9.17) is 5.11 Å². The number of carboxylic acid groups (broad SMARTS) is 1. The number of amides is 1. The molecule has 0 spiro atoms. The summed E-state index contributed by atoms with van der Waals surface area (Å²) in [5, 5.41) is 8.56. The highest BCUT2D eigenvalue weighted by Gasteiger charge is 2.15. The zero-order valence-corrected chi connectivity index (χ0v) is 10.8. The molecule has 98 valence electrons. The number of hydrogen-bond donors (Lipinski definition) is 1. The topological polar surface area (TPSA) is 57.6 Å². The summed E-state index contributed by atoms with van der Waals surface area (Å²) in [6.45, 7) is 4.47. The quantitative estimate of drug-likeness (QED) is 0.843. The summed E-state index contributed by atoms with van der Waals surface area (Å²) in [6, 6.07) is 7.70. The van der Waals surface area contributed by atoms with Gasteiger partial charge in [0.05, 0.1) is 0 Å². The van der Waals surface area contributed by atoms with Crippen molar-refractivity contribution in [3.8, 4) is 0 Å². The number of anilines is 1. The smallest absolute Gasteiger partial charge is 0.303 e. The summed E-state index contributed by atoms with van der Waals surface area (Å²) >= 11 is 0. The molecule has 0 bridgehead atoms. The van der Waals surface area contributed by atoms with E-state index in [-0.39, 0.29) is 18.7 Å². The van der Waals surface area contributed by atoms with Gasteiger partial charge in [-0.25, -0.2) is 0 Å². The molecule has 4 heteroatoms. The fourth-order valence-corrected chi connectivity index (χ4v) is 1.87. The molecule has 0 aliphatic carbocycles. The Morgan fingerprint density at radius 1 is 1.22 bits per heavy atom. The van der Waals surface area contributed by atoms with Crippen molar-refractivity contribution in [2.45, 2.75) is 33.1 Å². The Morgan fingerprint density at radius 2 is 1.89 bits per heavy atom. The zero-order valence-electron chi connectivity index (χ0n) is 10.8. The van der Waals surface area contributed by atoms with Crippen LogP contribution in [0, 0.1) is 6.92 Å². The highest BCUT2D eigenvalue weighted by Crippen LogP contribution is 2.20. The Morgan fingerprint density at radius 3 is 2.44 bits per heavy atom. The van der Waals surface area contributed by atoms with E-state index < -0.39 is 5.97 Å². The minimum atomic E-state index is -0.859. The predicted octanol–water partition coefficient (Wildman–Crippen LogP) is 2.60. The third-order valence-electron chi connectivity index (χ3n) is 2.80. The maximum absolute atomic E-state index is 12.0. The first-order chi connectivity index (χ1) is 8.56. The van der Waals surface area contributed by atoms with Gasteiger partial charge in [0, 0.05) is 25.1 Å². The van der Waals surface area contributed by atoms with Gasteiger partial charge in [-0.05, 0) is 31.9 Å². The van der Waals surface area contributed by atoms with Gasteiger partial charge in [0.1, 0.15) is 0 Å².